The highest BCUT2D eigenvalue weighted by Gasteiger charge is 2.22. The molecule has 2 aromatic rings. The molecule has 1 aliphatic rings. The lowest BCUT2D eigenvalue weighted by atomic mass is 10.1. The average molecular weight is 373 g/mol. The molecule has 26 heavy (non-hydrogen) atoms. The molecular formula is C18H19N3O4S. The Labute approximate surface area is 151 Å². The quantitative estimate of drug-likeness (QED) is 0.742. The van der Waals surface area contributed by atoms with Crippen molar-refractivity contribution in [3.05, 3.63) is 53.1 Å². The van der Waals surface area contributed by atoms with Gasteiger partial charge in [-0.05, 0) is 60.9 Å². The zero-order chi connectivity index (χ0) is 18.9. The van der Waals surface area contributed by atoms with Crippen LogP contribution in [0.25, 0.3) is 0 Å². The minimum absolute atomic E-state index is 0.0203. The summed E-state index contributed by atoms with van der Waals surface area (Å²) < 4.78 is 27.0. The number of aryl methyl sites for hydroxylation is 2. The minimum Gasteiger partial charge on any atom is -0.326 e. The Hall–Kier alpha value is -2.71. The van der Waals surface area contributed by atoms with Crippen LogP contribution in [0.5, 0.6) is 0 Å². The maximum Gasteiger partial charge on any atom is 0.241 e. The highest BCUT2D eigenvalue weighted by Crippen LogP contribution is 2.25. The molecule has 1 heterocycles. The van der Waals surface area contributed by atoms with Crippen LogP contribution in [0.4, 0.5) is 11.4 Å². The lowest BCUT2D eigenvalue weighted by Crippen LogP contribution is -2.33. The summed E-state index contributed by atoms with van der Waals surface area (Å²) in [4.78, 5) is 23.4. The SMILES string of the molecule is Cc1cc(C)cc(NC(=O)CNS(=O)(=O)c2ccc3c(c2)CC(=O)N3)c1. The third kappa shape index (κ3) is 4.09. The number of sulfonamides is 1. The van der Waals surface area contributed by atoms with Crippen LogP contribution in [-0.2, 0) is 26.0 Å². The molecule has 8 heteroatoms. The Morgan fingerprint density at radius 3 is 2.50 bits per heavy atom. The summed E-state index contributed by atoms with van der Waals surface area (Å²) in [6.07, 6.45) is 0.145. The largest absolute Gasteiger partial charge is 0.326 e. The molecule has 0 bridgehead atoms. The van der Waals surface area contributed by atoms with Crippen LogP contribution in [0, 0.1) is 13.8 Å². The number of fused-ring (bicyclic) bond motifs is 1. The first kappa shape index (κ1) is 18.1. The Balaban J connectivity index is 1.66. The molecule has 0 saturated carbocycles. The van der Waals surface area contributed by atoms with E-state index in [1.807, 2.05) is 32.0 Å². The van der Waals surface area contributed by atoms with Gasteiger partial charge in [-0.3, -0.25) is 9.59 Å². The van der Waals surface area contributed by atoms with Crippen molar-refractivity contribution < 1.29 is 18.0 Å². The average Bonchev–Trinajstić information content (AvgIpc) is 2.91. The van der Waals surface area contributed by atoms with Crippen molar-refractivity contribution in [3.8, 4) is 0 Å². The lowest BCUT2D eigenvalue weighted by molar-refractivity contribution is -0.115. The maximum absolute atomic E-state index is 12.4. The van der Waals surface area contributed by atoms with E-state index in [0.717, 1.165) is 11.1 Å². The molecule has 0 fully saturated rings. The van der Waals surface area contributed by atoms with Gasteiger partial charge in [-0.25, -0.2) is 13.1 Å². The third-order valence-corrected chi connectivity index (χ3v) is 5.34. The first-order valence-corrected chi connectivity index (χ1v) is 9.52. The molecule has 0 radical (unpaired) electrons. The molecule has 136 valence electrons. The standard InChI is InChI=1S/C18H19N3O4S/c1-11-5-12(2)7-14(6-11)20-18(23)10-19-26(24,25)15-3-4-16-13(8-15)9-17(22)21-16/h3-8,19H,9-10H2,1-2H3,(H,20,23)(H,21,22). The van der Waals surface area contributed by atoms with Gasteiger partial charge in [0.25, 0.3) is 0 Å². The fourth-order valence-electron chi connectivity index (χ4n) is 2.87. The topological polar surface area (TPSA) is 104 Å². The molecule has 0 saturated heterocycles. The Morgan fingerprint density at radius 2 is 1.81 bits per heavy atom. The van der Waals surface area contributed by atoms with Gasteiger partial charge < -0.3 is 10.6 Å². The summed E-state index contributed by atoms with van der Waals surface area (Å²) in [5.74, 6) is -0.632. The van der Waals surface area contributed by atoms with Crippen molar-refractivity contribution in [3.63, 3.8) is 0 Å². The van der Waals surface area contributed by atoms with E-state index in [-0.39, 0.29) is 23.8 Å². The summed E-state index contributed by atoms with van der Waals surface area (Å²) >= 11 is 0. The zero-order valence-electron chi connectivity index (χ0n) is 14.4. The minimum atomic E-state index is -3.85. The monoisotopic (exact) mass is 373 g/mol. The van der Waals surface area contributed by atoms with E-state index in [1.165, 1.54) is 12.1 Å². The number of anilines is 2. The van der Waals surface area contributed by atoms with Gasteiger partial charge in [-0.2, -0.15) is 0 Å². The van der Waals surface area contributed by atoms with E-state index in [2.05, 4.69) is 15.4 Å². The molecule has 0 unspecified atom stereocenters. The van der Waals surface area contributed by atoms with Gasteiger partial charge in [0, 0.05) is 11.4 Å². The van der Waals surface area contributed by atoms with Gasteiger partial charge in [-0.15, -0.1) is 0 Å². The molecule has 0 atom stereocenters. The van der Waals surface area contributed by atoms with Gasteiger partial charge in [0.2, 0.25) is 21.8 Å². The second kappa shape index (κ2) is 6.89. The number of carbonyl (C=O) groups is 2. The van der Waals surface area contributed by atoms with Crippen LogP contribution in [0.1, 0.15) is 16.7 Å². The van der Waals surface area contributed by atoms with Crippen LogP contribution in [0.15, 0.2) is 41.3 Å². The summed E-state index contributed by atoms with van der Waals surface area (Å²) in [6.45, 7) is 3.45. The van der Waals surface area contributed by atoms with Crippen LogP contribution in [-0.4, -0.2) is 26.8 Å². The number of nitrogens with one attached hydrogen (secondary N) is 3. The van der Waals surface area contributed by atoms with Gasteiger partial charge in [0.05, 0.1) is 17.9 Å². The molecule has 7 nitrogen and oxygen atoms in total. The van der Waals surface area contributed by atoms with E-state index in [9.17, 15) is 18.0 Å². The molecule has 1 aliphatic heterocycles. The van der Waals surface area contributed by atoms with Crippen LogP contribution < -0.4 is 15.4 Å². The van der Waals surface area contributed by atoms with Gasteiger partial charge >= 0.3 is 0 Å². The molecule has 2 aromatic carbocycles. The number of amides is 2. The van der Waals surface area contributed by atoms with Gasteiger partial charge in [0.1, 0.15) is 0 Å². The molecular weight excluding hydrogens is 354 g/mol. The number of carbonyl (C=O) groups excluding carboxylic acids is 2. The first-order valence-electron chi connectivity index (χ1n) is 8.03. The van der Waals surface area contributed by atoms with Gasteiger partial charge in [-0.1, -0.05) is 6.07 Å². The molecule has 3 rings (SSSR count). The Morgan fingerprint density at radius 1 is 1.12 bits per heavy atom. The second-order valence-corrected chi connectivity index (χ2v) is 8.06. The number of benzene rings is 2. The smallest absolute Gasteiger partial charge is 0.241 e. The molecule has 0 aliphatic carbocycles. The fraction of sp³-hybridized carbons (Fsp3) is 0.222. The fourth-order valence-corrected chi connectivity index (χ4v) is 3.90. The van der Waals surface area contributed by atoms with E-state index in [4.69, 9.17) is 0 Å². The molecule has 0 spiro atoms. The van der Waals surface area contributed by atoms with E-state index in [0.29, 0.717) is 16.9 Å². The van der Waals surface area contributed by atoms with Crippen molar-refractivity contribution in [2.45, 2.75) is 25.2 Å². The van der Waals surface area contributed by atoms with E-state index >= 15 is 0 Å². The zero-order valence-corrected chi connectivity index (χ0v) is 15.2. The van der Waals surface area contributed by atoms with Crippen LogP contribution >= 0.6 is 0 Å². The maximum atomic E-state index is 12.4. The highest BCUT2D eigenvalue weighted by molar-refractivity contribution is 7.89. The van der Waals surface area contributed by atoms with Crippen molar-refractivity contribution in [1.29, 1.82) is 0 Å². The number of rotatable bonds is 5. The predicted octanol–water partition coefficient (Wildman–Crippen LogP) is 1.72. The normalized spacial score (nSPS) is 13.2. The second-order valence-electron chi connectivity index (χ2n) is 6.29. The Kier molecular flexibility index (Phi) is 4.80. The van der Waals surface area contributed by atoms with Gasteiger partial charge in [0.15, 0.2) is 0 Å². The number of hydrogen-bond acceptors (Lipinski definition) is 4. The number of hydrogen-bond donors (Lipinski definition) is 3. The highest BCUT2D eigenvalue weighted by atomic mass is 32.2. The lowest BCUT2D eigenvalue weighted by Gasteiger charge is -2.10. The summed E-state index contributed by atoms with van der Waals surface area (Å²) in [5.41, 5.74) is 3.86. The predicted molar refractivity (Wildman–Crippen MR) is 98.5 cm³/mol. The van der Waals surface area contributed by atoms with Crippen LogP contribution in [0.2, 0.25) is 0 Å². The molecule has 3 N–H and O–H groups in total. The van der Waals surface area contributed by atoms with Crippen molar-refractivity contribution in [2.75, 3.05) is 17.2 Å². The van der Waals surface area contributed by atoms with E-state index in [1.54, 1.807) is 6.07 Å². The van der Waals surface area contributed by atoms with Crippen molar-refractivity contribution >= 4 is 33.2 Å². The summed E-state index contributed by atoms with van der Waals surface area (Å²) in [6, 6.07) is 9.98. The summed E-state index contributed by atoms with van der Waals surface area (Å²) in [5, 5.41) is 5.32. The molecule has 2 amide bonds. The van der Waals surface area contributed by atoms with Crippen molar-refractivity contribution in [2.24, 2.45) is 0 Å². The third-order valence-electron chi connectivity index (χ3n) is 3.94. The van der Waals surface area contributed by atoms with Crippen molar-refractivity contribution in [1.82, 2.24) is 4.72 Å². The van der Waals surface area contributed by atoms with Crippen LogP contribution in [0.3, 0.4) is 0 Å². The summed E-state index contributed by atoms with van der Waals surface area (Å²) in [7, 11) is -3.85. The molecule has 0 aromatic heterocycles. The van der Waals surface area contributed by atoms with E-state index < -0.39 is 15.9 Å². The first-order chi connectivity index (χ1) is 12.2. The Bertz CT molecular complexity index is 979.